The summed E-state index contributed by atoms with van der Waals surface area (Å²) in [6.07, 6.45) is 9.30. The Hall–Kier alpha value is -1.29. The van der Waals surface area contributed by atoms with E-state index in [4.69, 9.17) is 11.6 Å². The molecule has 1 fully saturated rings. The Labute approximate surface area is 131 Å². The van der Waals surface area contributed by atoms with Crippen molar-refractivity contribution in [2.24, 2.45) is 5.92 Å². The number of anilines is 1. The maximum atomic E-state index is 12.0. The lowest BCUT2D eigenvalue weighted by Gasteiger charge is -2.10. The summed E-state index contributed by atoms with van der Waals surface area (Å²) in [5, 5.41) is 6.48. The average Bonchev–Trinajstić information content (AvgIpc) is 2.99. The van der Waals surface area contributed by atoms with Gasteiger partial charge in [-0.3, -0.25) is 4.79 Å². The molecule has 0 spiro atoms. The Morgan fingerprint density at radius 1 is 1.43 bits per heavy atom. The number of carbonyl (C=O) groups excluding carboxylic acids is 1. The molecular formula is C16H24ClN3O. The van der Waals surface area contributed by atoms with Crippen LogP contribution in [0.15, 0.2) is 12.3 Å². The second-order valence-corrected chi connectivity index (χ2v) is 6.04. The molecule has 0 saturated heterocycles. The summed E-state index contributed by atoms with van der Waals surface area (Å²) < 4.78 is 0. The number of amides is 1. The minimum Gasteiger partial charge on any atom is -0.369 e. The van der Waals surface area contributed by atoms with Crippen LogP contribution in [-0.2, 0) is 0 Å². The normalized spacial score (nSPS) is 15.1. The smallest absolute Gasteiger partial charge is 0.252 e. The third kappa shape index (κ3) is 4.88. The van der Waals surface area contributed by atoms with Crippen LogP contribution in [0.2, 0.25) is 5.02 Å². The van der Waals surface area contributed by atoms with Crippen molar-refractivity contribution in [1.29, 1.82) is 0 Å². The van der Waals surface area contributed by atoms with Crippen LogP contribution in [0.4, 0.5) is 5.82 Å². The van der Waals surface area contributed by atoms with Gasteiger partial charge >= 0.3 is 0 Å². The van der Waals surface area contributed by atoms with Crippen LogP contribution >= 0.6 is 11.6 Å². The number of halogens is 1. The van der Waals surface area contributed by atoms with E-state index in [2.05, 4.69) is 15.6 Å². The lowest BCUT2D eigenvalue weighted by atomic mass is 10.0. The highest BCUT2D eigenvalue weighted by molar-refractivity contribution is 6.33. The maximum absolute atomic E-state index is 12.0. The number of carbonyl (C=O) groups is 1. The number of nitrogens with zero attached hydrogens (tertiary/aromatic N) is 1. The molecule has 1 aliphatic carbocycles. The van der Waals surface area contributed by atoms with Crippen LogP contribution < -0.4 is 10.6 Å². The van der Waals surface area contributed by atoms with Crippen LogP contribution in [0.5, 0.6) is 0 Å². The number of aromatic nitrogens is 1. The lowest BCUT2D eigenvalue weighted by molar-refractivity contribution is 0.0952. The molecule has 4 nitrogen and oxygen atoms in total. The summed E-state index contributed by atoms with van der Waals surface area (Å²) in [7, 11) is 0. The molecule has 0 atom stereocenters. The van der Waals surface area contributed by atoms with E-state index >= 15 is 0 Å². The van der Waals surface area contributed by atoms with Gasteiger partial charge in [0.05, 0.1) is 10.6 Å². The average molecular weight is 310 g/mol. The van der Waals surface area contributed by atoms with Crippen LogP contribution in [0.3, 0.4) is 0 Å². The summed E-state index contributed by atoms with van der Waals surface area (Å²) in [6.45, 7) is 3.45. The molecule has 2 rings (SSSR count). The quantitative estimate of drug-likeness (QED) is 0.752. The molecule has 0 radical (unpaired) electrons. The van der Waals surface area contributed by atoms with Gasteiger partial charge in [-0.25, -0.2) is 4.98 Å². The number of rotatable bonds is 7. The zero-order chi connectivity index (χ0) is 15.1. The second kappa shape index (κ2) is 8.23. The van der Waals surface area contributed by atoms with Crippen molar-refractivity contribution in [3.05, 3.63) is 22.8 Å². The van der Waals surface area contributed by atoms with E-state index in [1.165, 1.54) is 32.1 Å². The first kappa shape index (κ1) is 16.1. The van der Waals surface area contributed by atoms with Gasteiger partial charge in [-0.15, -0.1) is 0 Å². The van der Waals surface area contributed by atoms with Gasteiger partial charge in [0.15, 0.2) is 0 Å². The van der Waals surface area contributed by atoms with Crippen molar-refractivity contribution in [1.82, 2.24) is 10.3 Å². The first-order valence-electron chi connectivity index (χ1n) is 7.88. The van der Waals surface area contributed by atoms with Gasteiger partial charge in [0.1, 0.15) is 5.82 Å². The van der Waals surface area contributed by atoms with E-state index in [1.54, 1.807) is 12.3 Å². The Morgan fingerprint density at radius 2 is 2.19 bits per heavy atom. The molecule has 1 aromatic heterocycles. The number of hydrogen-bond acceptors (Lipinski definition) is 3. The lowest BCUT2D eigenvalue weighted by Crippen LogP contribution is -2.25. The highest BCUT2D eigenvalue weighted by Crippen LogP contribution is 2.28. The van der Waals surface area contributed by atoms with Crippen LogP contribution in [-0.4, -0.2) is 24.0 Å². The van der Waals surface area contributed by atoms with E-state index in [0.717, 1.165) is 25.4 Å². The predicted octanol–water partition coefficient (Wildman–Crippen LogP) is 3.87. The number of nitrogens with one attached hydrogen (secondary N) is 2. The van der Waals surface area contributed by atoms with Crippen molar-refractivity contribution in [2.75, 3.05) is 18.4 Å². The van der Waals surface area contributed by atoms with E-state index < -0.39 is 0 Å². The van der Waals surface area contributed by atoms with E-state index in [-0.39, 0.29) is 5.91 Å². The van der Waals surface area contributed by atoms with Crippen molar-refractivity contribution >= 4 is 23.3 Å². The number of pyridine rings is 1. The van der Waals surface area contributed by atoms with Crippen molar-refractivity contribution in [3.63, 3.8) is 0 Å². The standard InChI is InChI=1S/C16H24ClN3O/c1-2-18-15-14(17)10-13(11-20-15)16(21)19-9-5-8-12-6-3-4-7-12/h10-12H,2-9H2,1H3,(H,18,20)(H,19,21). The van der Waals surface area contributed by atoms with E-state index in [9.17, 15) is 4.79 Å². The minimum absolute atomic E-state index is 0.0983. The number of hydrogen-bond donors (Lipinski definition) is 2. The first-order valence-corrected chi connectivity index (χ1v) is 8.26. The van der Waals surface area contributed by atoms with E-state index in [0.29, 0.717) is 16.4 Å². The fraction of sp³-hybridized carbons (Fsp3) is 0.625. The first-order chi connectivity index (χ1) is 10.2. The molecular weight excluding hydrogens is 286 g/mol. The Balaban J connectivity index is 1.75. The van der Waals surface area contributed by atoms with Gasteiger partial charge in [-0.05, 0) is 31.7 Å². The molecule has 5 heteroatoms. The molecule has 1 aromatic rings. The molecule has 1 saturated carbocycles. The largest absolute Gasteiger partial charge is 0.369 e. The molecule has 1 heterocycles. The Bertz CT molecular complexity index is 473. The molecule has 0 bridgehead atoms. The molecule has 2 N–H and O–H groups in total. The summed E-state index contributed by atoms with van der Waals surface area (Å²) >= 11 is 6.09. The maximum Gasteiger partial charge on any atom is 0.252 e. The molecule has 0 aromatic carbocycles. The molecule has 1 aliphatic rings. The van der Waals surface area contributed by atoms with Crippen molar-refractivity contribution in [3.8, 4) is 0 Å². The van der Waals surface area contributed by atoms with E-state index in [1.807, 2.05) is 6.92 Å². The minimum atomic E-state index is -0.0983. The Kier molecular flexibility index (Phi) is 6.30. The van der Waals surface area contributed by atoms with Gasteiger partial charge in [0, 0.05) is 19.3 Å². The Morgan fingerprint density at radius 3 is 2.86 bits per heavy atom. The molecule has 0 aliphatic heterocycles. The van der Waals surface area contributed by atoms with Crippen LogP contribution in [0, 0.1) is 5.92 Å². The third-order valence-electron chi connectivity index (χ3n) is 4.00. The van der Waals surface area contributed by atoms with Gasteiger partial charge in [-0.2, -0.15) is 0 Å². The fourth-order valence-corrected chi connectivity index (χ4v) is 3.09. The van der Waals surface area contributed by atoms with Gasteiger partial charge in [-0.1, -0.05) is 37.3 Å². The zero-order valence-electron chi connectivity index (χ0n) is 12.6. The fourth-order valence-electron chi connectivity index (χ4n) is 2.85. The highest BCUT2D eigenvalue weighted by atomic mass is 35.5. The summed E-state index contributed by atoms with van der Waals surface area (Å²) in [4.78, 5) is 16.2. The van der Waals surface area contributed by atoms with Gasteiger partial charge < -0.3 is 10.6 Å². The predicted molar refractivity (Wildman–Crippen MR) is 86.9 cm³/mol. The van der Waals surface area contributed by atoms with Crippen LogP contribution in [0.1, 0.15) is 55.8 Å². The highest BCUT2D eigenvalue weighted by Gasteiger charge is 2.14. The molecule has 0 unspecified atom stereocenters. The monoisotopic (exact) mass is 309 g/mol. The summed E-state index contributed by atoms with van der Waals surface area (Å²) in [6, 6.07) is 1.67. The molecule has 21 heavy (non-hydrogen) atoms. The summed E-state index contributed by atoms with van der Waals surface area (Å²) in [5.74, 6) is 1.40. The SMILES string of the molecule is CCNc1ncc(C(=O)NCCCC2CCCC2)cc1Cl. The summed E-state index contributed by atoms with van der Waals surface area (Å²) in [5.41, 5.74) is 0.516. The zero-order valence-corrected chi connectivity index (χ0v) is 13.4. The van der Waals surface area contributed by atoms with Crippen molar-refractivity contribution in [2.45, 2.75) is 45.4 Å². The third-order valence-corrected chi connectivity index (χ3v) is 4.29. The van der Waals surface area contributed by atoms with Gasteiger partial charge in [0.2, 0.25) is 0 Å². The van der Waals surface area contributed by atoms with Gasteiger partial charge in [0.25, 0.3) is 5.91 Å². The second-order valence-electron chi connectivity index (χ2n) is 5.63. The van der Waals surface area contributed by atoms with Crippen LogP contribution in [0.25, 0.3) is 0 Å². The molecule has 1 amide bonds. The van der Waals surface area contributed by atoms with Crippen molar-refractivity contribution < 1.29 is 4.79 Å². The topological polar surface area (TPSA) is 54.0 Å². The molecule has 116 valence electrons.